The lowest BCUT2D eigenvalue weighted by atomic mass is 10.1. The van der Waals surface area contributed by atoms with E-state index in [1.165, 1.54) is 0 Å². The summed E-state index contributed by atoms with van der Waals surface area (Å²) in [6.07, 6.45) is 4.64. The summed E-state index contributed by atoms with van der Waals surface area (Å²) in [4.78, 5) is 0. The molecule has 0 fully saturated rings. The summed E-state index contributed by atoms with van der Waals surface area (Å²) in [6, 6.07) is 3.80. The van der Waals surface area contributed by atoms with Crippen LogP contribution >= 0.6 is 0 Å². The molecule has 2 N–H and O–H groups in total. The van der Waals surface area contributed by atoms with Crippen molar-refractivity contribution < 1.29 is 9.15 Å². The summed E-state index contributed by atoms with van der Waals surface area (Å²) in [5.41, 5.74) is 6.01. The Hall–Kier alpha value is -0.800. The lowest BCUT2D eigenvalue weighted by molar-refractivity contribution is 0.0176. The fourth-order valence-corrected chi connectivity index (χ4v) is 1.44. The Morgan fingerprint density at radius 2 is 2.27 bits per heavy atom. The lowest BCUT2D eigenvalue weighted by Crippen LogP contribution is -2.29. The van der Waals surface area contributed by atoms with Gasteiger partial charge in [0.15, 0.2) is 0 Å². The van der Waals surface area contributed by atoms with E-state index >= 15 is 0 Å². The summed E-state index contributed by atoms with van der Waals surface area (Å²) in [6.45, 7) is 4.95. The van der Waals surface area contributed by atoms with Gasteiger partial charge in [0.05, 0.1) is 6.26 Å². The van der Waals surface area contributed by atoms with Gasteiger partial charge in [-0.15, -0.1) is 0 Å². The van der Waals surface area contributed by atoms with E-state index in [0.717, 1.165) is 31.6 Å². The second-order valence-corrected chi connectivity index (χ2v) is 3.73. The molecule has 0 saturated carbocycles. The van der Waals surface area contributed by atoms with Crippen LogP contribution in [-0.4, -0.2) is 12.6 Å². The molecule has 0 radical (unpaired) electrons. The van der Waals surface area contributed by atoms with Crippen LogP contribution in [0, 0.1) is 0 Å². The molecule has 1 heterocycles. The van der Waals surface area contributed by atoms with Gasteiger partial charge in [-0.3, -0.25) is 0 Å². The number of ether oxygens (including phenoxy) is 1. The van der Waals surface area contributed by atoms with Crippen molar-refractivity contribution in [3.05, 3.63) is 24.2 Å². The highest BCUT2D eigenvalue weighted by Crippen LogP contribution is 2.22. The molecular formula is C12H21NO2. The third-order valence-corrected chi connectivity index (χ3v) is 2.48. The van der Waals surface area contributed by atoms with Gasteiger partial charge in [-0.1, -0.05) is 20.3 Å². The van der Waals surface area contributed by atoms with Crippen molar-refractivity contribution in [2.24, 2.45) is 5.73 Å². The minimum atomic E-state index is -0.100. The highest BCUT2D eigenvalue weighted by Gasteiger charge is 2.21. The number of hydrogen-bond acceptors (Lipinski definition) is 3. The van der Waals surface area contributed by atoms with E-state index in [1.807, 2.05) is 12.1 Å². The van der Waals surface area contributed by atoms with Gasteiger partial charge in [-0.25, -0.2) is 0 Å². The van der Waals surface area contributed by atoms with Gasteiger partial charge in [-0.05, 0) is 25.0 Å². The van der Waals surface area contributed by atoms with Crippen LogP contribution in [0.2, 0.25) is 0 Å². The fourth-order valence-electron chi connectivity index (χ4n) is 1.44. The molecule has 1 aromatic rings. The van der Waals surface area contributed by atoms with Gasteiger partial charge in [0.2, 0.25) is 0 Å². The van der Waals surface area contributed by atoms with Gasteiger partial charge in [-0.2, -0.15) is 0 Å². The first-order valence-corrected chi connectivity index (χ1v) is 5.70. The van der Waals surface area contributed by atoms with Gasteiger partial charge >= 0.3 is 0 Å². The highest BCUT2D eigenvalue weighted by molar-refractivity contribution is 5.04. The lowest BCUT2D eigenvalue weighted by Gasteiger charge is -2.21. The molecule has 0 spiro atoms. The van der Waals surface area contributed by atoms with Crippen LogP contribution in [0.1, 0.15) is 45.0 Å². The molecule has 0 aliphatic carbocycles. The largest absolute Gasteiger partial charge is 0.467 e. The molecule has 15 heavy (non-hydrogen) atoms. The maximum absolute atomic E-state index is 6.01. The van der Waals surface area contributed by atoms with E-state index in [-0.39, 0.29) is 12.1 Å². The summed E-state index contributed by atoms with van der Waals surface area (Å²) < 4.78 is 11.1. The predicted molar refractivity (Wildman–Crippen MR) is 60.6 cm³/mol. The van der Waals surface area contributed by atoms with E-state index in [0.29, 0.717) is 0 Å². The molecule has 0 amide bonds. The van der Waals surface area contributed by atoms with Crippen LogP contribution in [0.25, 0.3) is 0 Å². The molecule has 1 rings (SSSR count). The number of rotatable bonds is 7. The molecule has 0 bridgehead atoms. The third kappa shape index (κ3) is 3.68. The Bertz CT molecular complexity index is 246. The number of hydrogen-bond donors (Lipinski definition) is 1. The van der Waals surface area contributed by atoms with E-state index in [9.17, 15) is 0 Å². The first-order chi connectivity index (χ1) is 7.29. The molecule has 2 unspecified atom stereocenters. The smallest absolute Gasteiger partial charge is 0.134 e. The minimum Gasteiger partial charge on any atom is -0.467 e. The first kappa shape index (κ1) is 12.3. The molecule has 0 aromatic carbocycles. The molecule has 0 aliphatic rings. The van der Waals surface area contributed by atoms with Crippen molar-refractivity contribution in [2.75, 3.05) is 6.61 Å². The van der Waals surface area contributed by atoms with Gasteiger partial charge in [0.1, 0.15) is 11.9 Å². The summed E-state index contributed by atoms with van der Waals surface area (Å²) in [5.74, 6) is 0.834. The monoisotopic (exact) mass is 211 g/mol. The quantitative estimate of drug-likeness (QED) is 0.705. The van der Waals surface area contributed by atoms with Crippen LogP contribution in [0.3, 0.4) is 0 Å². The molecular weight excluding hydrogens is 190 g/mol. The number of unbranched alkanes of at least 4 members (excludes halogenated alkanes) is 1. The summed E-state index contributed by atoms with van der Waals surface area (Å²) in [5, 5.41) is 0. The van der Waals surface area contributed by atoms with Crippen LogP contribution < -0.4 is 5.73 Å². The maximum Gasteiger partial charge on any atom is 0.134 e. The molecule has 1 aromatic heterocycles. The summed E-state index contributed by atoms with van der Waals surface area (Å²) in [7, 11) is 0. The van der Waals surface area contributed by atoms with Crippen LogP contribution in [0.15, 0.2) is 22.8 Å². The zero-order chi connectivity index (χ0) is 11.1. The fraction of sp³-hybridized carbons (Fsp3) is 0.667. The van der Waals surface area contributed by atoms with Crippen LogP contribution in [0.5, 0.6) is 0 Å². The molecule has 3 nitrogen and oxygen atoms in total. The standard InChI is InChI=1S/C12H21NO2/c1-3-5-8-15-12(10(13)4-2)11-7-6-9-14-11/h6-7,9-10,12H,3-5,8,13H2,1-2H3. The van der Waals surface area contributed by atoms with Crippen LogP contribution in [-0.2, 0) is 4.74 Å². The maximum atomic E-state index is 6.01. The van der Waals surface area contributed by atoms with Gasteiger partial charge < -0.3 is 14.9 Å². The van der Waals surface area contributed by atoms with E-state index in [1.54, 1.807) is 6.26 Å². The molecule has 86 valence electrons. The molecule has 2 atom stereocenters. The Labute approximate surface area is 91.6 Å². The Morgan fingerprint density at radius 3 is 2.80 bits per heavy atom. The van der Waals surface area contributed by atoms with Crippen molar-refractivity contribution in [1.82, 2.24) is 0 Å². The van der Waals surface area contributed by atoms with Gasteiger partial charge in [0.25, 0.3) is 0 Å². The minimum absolute atomic E-state index is 0.00741. The van der Waals surface area contributed by atoms with Crippen molar-refractivity contribution >= 4 is 0 Å². The number of nitrogens with two attached hydrogens (primary N) is 1. The number of furan rings is 1. The highest BCUT2D eigenvalue weighted by atomic mass is 16.5. The van der Waals surface area contributed by atoms with Crippen LogP contribution in [0.4, 0.5) is 0 Å². The normalized spacial score (nSPS) is 15.1. The average molecular weight is 211 g/mol. The zero-order valence-corrected chi connectivity index (χ0v) is 9.61. The second kappa shape index (κ2) is 6.64. The van der Waals surface area contributed by atoms with Crippen molar-refractivity contribution in [3.63, 3.8) is 0 Å². The Kier molecular flexibility index (Phi) is 5.43. The van der Waals surface area contributed by atoms with Gasteiger partial charge in [0, 0.05) is 12.6 Å². The van der Waals surface area contributed by atoms with Crippen molar-refractivity contribution in [1.29, 1.82) is 0 Å². The molecule has 0 saturated heterocycles. The van der Waals surface area contributed by atoms with Crippen molar-refractivity contribution in [2.45, 2.75) is 45.3 Å². The first-order valence-electron chi connectivity index (χ1n) is 5.70. The Morgan fingerprint density at radius 1 is 1.47 bits per heavy atom. The zero-order valence-electron chi connectivity index (χ0n) is 9.61. The molecule has 0 aliphatic heterocycles. The topological polar surface area (TPSA) is 48.4 Å². The average Bonchev–Trinajstić information content (AvgIpc) is 2.77. The molecule has 3 heteroatoms. The van der Waals surface area contributed by atoms with E-state index < -0.39 is 0 Å². The predicted octanol–water partition coefficient (Wildman–Crippen LogP) is 2.87. The summed E-state index contributed by atoms with van der Waals surface area (Å²) >= 11 is 0. The van der Waals surface area contributed by atoms with Crippen molar-refractivity contribution in [3.8, 4) is 0 Å². The second-order valence-electron chi connectivity index (χ2n) is 3.73. The Balaban J connectivity index is 2.54. The van der Waals surface area contributed by atoms with E-state index in [2.05, 4.69) is 13.8 Å². The third-order valence-electron chi connectivity index (χ3n) is 2.48. The van der Waals surface area contributed by atoms with E-state index in [4.69, 9.17) is 14.9 Å². The SMILES string of the molecule is CCCCOC(c1ccco1)C(N)CC.